The normalized spacial score (nSPS) is 26.2. The van der Waals surface area contributed by atoms with E-state index in [1.807, 2.05) is 48.5 Å². The number of amides is 1. The minimum absolute atomic E-state index is 0.284. The Balaban J connectivity index is 1.10. The molecule has 1 amide bonds. The van der Waals surface area contributed by atoms with Crippen LogP contribution < -0.4 is 14.4 Å². The molecule has 324 valence electrons. The van der Waals surface area contributed by atoms with Crippen molar-refractivity contribution in [2.75, 3.05) is 63.9 Å². The van der Waals surface area contributed by atoms with Gasteiger partial charge in [0, 0.05) is 67.9 Å². The van der Waals surface area contributed by atoms with Crippen LogP contribution in [-0.4, -0.2) is 100 Å². The number of hydrogen-bond acceptors (Lipinski definition) is 8. The summed E-state index contributed by atoms with van der Waals surface area (Å²) in [5.41, 5.74) is 3.90. The van der Waals surface area contributed by atoms with Gasteiger partial charge < -0.3 is 14.4 Å². The Hall–Kier alpha value is -3.41. The molecular weight excluding hydrogens is 792 g/mol. The van der Waals surface area contributed by atoms with Gasteiger partial charge >= 0.3 is 0 Å². The third kappa shape index (κ3) is 9.19. The van der Waals surface area contributed by atoms with Gasteiger partial charge in [0.2, 0.25) is 10.0 Å². The minimum atomic E-state index is -3.96. The number of hydrogen-bond donors (Lipinski definition) is 1. The third-order valence-corrected chi connectivity index (χ3v) is 16.3. The molecule has 3 fully saturated rings. The number of piperidine rings is 1. The van der Waals surface area contributed by atoms with Crippen LogP contribution in [0.25, 0.3) is 0 Å². The average Bonchev–Trinajstić information content (AvgIpc) is 3.38. The van der Waals surface area contributed by atoms with Crippen molar-refractivity contribution in [1.29, 1.82) is 0 Å². The van der Waals surface area contributed by atoms with Crippen LogP contribution >= 0.6 is 11.6 Å². The molecule has 11 heteroatoms. The first-order valence-corrected chi connectivity index (χ1v) is 24.6. The predicted molar refractivity (Wildman–Crippen MR) is 242 cm³/mol. The molecule has 0 aromatic heterocycles. The standard InChI is InChI=1S/C49H65ClN4O5S/c1-4-6-24-49(59-5-2,34-52-26-27-53-25-11-10-16-42(53)32-52)44-20-17-40(44)31-54-33-48(23-12-15-38-29-41(50)19-21-43(38)48)35-58-46-22-18-39(30-45(46)54)47(55)51-60(56,57)36(3)28-37-13-8-7-9-14-37/h6-9,13-14,18-19,21-22,24,29-30,36,40,42,44H,4-5,10-12,15-17,20,23,25-28,31-35H2,1-3H3,(H,51,55)/b24-6+/t36-,40-,42+,44+,48-,49+/m0/s1. The van der Waals surface area contributed by atoms with Gasteiger partial charge in [-0.25, -0.2) is 13.1 Å². The first kappa shape index (κ1) is 43.2. The maximum Gasteiger partial charge on any atom is 0.264 e. The van der Waals surface area contributed by atoms with Crippen LogP contribution in [0.3, 0.4) is 0 Å². The summed E-state index contributed by atoms with van der Waals surface area (Å²) in [5, 5.41) is -0.0440. The number of rotatable bonds is 14. The van der Waals surface area contributed by atoms with Gasteiger partial charge in [-0.05, 0) is 137 Å². The molecule has 0 unspecified atom stereocenters. The van der Waals surface area contributed by atoms with E-state index in [9.17, 15) is 13.2 Å². The fourth-order valence-electron chi connectivity index (χ4n) is 11.1. The summed E-state index contributed by atoms with van der Waals surface area (Å²) in [6, 6.07) is 21.9. The Morgan fingerprint density at radius 1 is 1.03 bits per heavy atom. The maximum atomic E-state index is 13.9. The lowest BCUT2D eigenvalue weighted by Crippen LogP contribution is -2.61. The molecule has 3 heterocycles. The Morgan fingerprint density at radius 3 is 2.67 bits per heavy atom. The van der Waals surface area contributed by atoms with Gasteiger partial charge in [0.05, 0.1) is 17.5 Å². The number of benzene rings is 3. The molecule has 0 radical (unpaired) electrons. The van der Waals surface area contributed by atoms with Crippen LogP contribution in [-0.2, 0) is 33.0 Å². The number of allylic oxidation sites excluding steroid dienone is 1. The Morgan fingerprint density at radius 2 is 1.88 bits per heavy atom. The Labute approximate surface area is 363 Å². The molecule has 1 saturated carbocycles. The predicted octanol–water partition coefficient (Wildman–Crippen LogP) is 8.44. The second kappa shape index (κ2) is 18.5. The largest absolute Gasteiger partial charge is 0.490 e. The molecule has 3 aliphatic heterocycles. The molecule has 6 atom stereocenters. The van der Waals surface area contributed by atoms with Crippen molar-refractivity contribution >= 4 is 33.2 Å². The number of anilines is 1. The van der Waals surface area contributed by atoms with Crippen LogP contribution in [0.4, 0.5) is 5.69 Å². The summed E-state index contributed by atoms with van der Waals surface area (Å²) in [6.07, 6.45) is 15.0. The Bertz CT molecular complexity index is 2120. The summed E-state index contributed by atoms with van der Waals surface area (Å²) in [6.45, 7) is 14.0. The SMILES string of the molecule is CC/C=C/[C@](CN1CCN2CCCC[C@@H]2C1)(OCC)[C@@H]1CC[C@H]1CN1C[C@@]2(CCCc3cc(Cl)ccc32)COc2ccc(C(=O)NS(=O)(=O)[C@@H](C)Cc3ccccc3)cc21. The van der Waals surface area contributed by atoms with E-state index < -0.39 is 26.8 Å². The fraction of sp³-hybridized carbons (Fsp3) is 0.571. The topological polar surface area (TPSA) is 91.4 Å². The molecule has 3 aromatic rings. The van der Waals surface area contributed by atoms with Gasteiger partial charge in [-0.1, -0.05) is 73.5 Å². The molecule has 1 spiro atoms. The molecular formula is C49H65ClN4O5S. The highest BCUT2D eigenvalue weighted by Gasteiger charge is 2.50. The first-order valence-electron chi connectivity index (χ1n) is 22.7. The van der Waals surface area contributed by atoms with Crippen molar-refractivity contribution < 1.29 is 22.7 Å². The first-order chi connectivity index (χ1) is 29.0. The Kier molecular flexibility index (Phi) is 13.3. The van der Waals surface area contributed by atoms with E-state index in [-0.39, 0.29) is 5.41 Å². The number of piperazine rings is 1. The minimum Gasteiger partial charge on any atom is -0.490 e. The van der Waals surface area contributed by atoms with Crippen LogP contribution in [0.2, 0.25) is 5.02 Å². The van der Waals surface area contributed by atoms with Gasteiger partial charge in [0.15, 0.2) is 0 Å². The van der Waals surface area contributed by atoms with Gasteiger partial charge in [-0.15, -0.1) is 0 Å². The van der Waals surface area contributed by atoms with E-state index in [1.54, 1.807) is 13.0 Å². The number of ether oxygens (including phenoxy) is 2. The number of carbonyl (C=O) groups is 1. The van der Waals surface area contributed by atoms with Gasteiger partial charge in [0.25, 0.3) is 5.91 Å². The highest BCUT2D eigenvalue weighted by atomic mass is 35.5. The summed E-state index contributed by atoms with van der Waals surface area (Å²) in [7, 11) is -3.96. The van der Waals surface area contributed by atoms with Crippen molar-refractivity contribution in [2.45, 2.75) is 107 Å². The molecule has 60 heavy (non-hydrogen) atoms. The fourth-order valence-corrected chi connectivity index (χ4v) is 12.3. The zero-order valence-corrected chi connectivity index (χ0v) is 37.5. The van der Waals surface area contributed by atoms with Crippen molar-refractivity contribution in [3.05, 3.63) is 106 Å². The average molecular weight is 858 g/mol. The van der Waals surface area contributed by atoms with Crippen molar-refractivity contribution in [2.24, 2.45) is 11.8 Å². The highest BCUT2D eigenvalue weighted by molar-refractivity contribution is 7.90. The molecule has 2 aliphatic carbocycles. The van der Waals surface area contributed by atoms with Crippen LogP contribution in [0.1, 0.15) is 99.2 Å². The van der Waals surface area contributed by atoms with E-state index in [2.05, 4.69) is 57.6 Å². The van der Waals surface area contributed by atoms with Gasteiger partial charge in [-0.2, -0.15) is 0 Å². The second-order valence-electron chi connectivity index (χ2n) is 18.3. The number of nitrogens with zero attached hydrogens (tertiary/aromatic N) is 3. The van der Waals surface area contributed by atoms with Gasteiger partial charge in [0.1, 0.15) is 11.4 Å². The molecule has 3 aromatic carbocycles. The van der Waals surface area contributed by atoms with Crippen molar-refractivity contribution in [3.8, 4) is 5.75 Å². The van der Waals surface area contributed by atoms with Crippen molar-refractivity contribution in [3.63, 3.8) is 0 Å². The quantitative estimate of drug-likeness (QED) is 0.162. The van der Waals surface area contributed by atoms with E-state index in [0.29, 0.717) is 55.4 Å². The molecule has 1 N–H and O–H groups in total. The maximum absolute atomic E-state index is 13.9. The van der Waals surface area contributed by atoms with Crippen LogP contribution in [0.5, 0.6) is 5.75 Å². The summed E-state index contributed by atoms with van der Waals surface area (Å²) >= 11 is 6.56. The molecule has 0 bridgehead atoms. The van der Waals surface area contributed by atoms with Crippen LogP contribution in [0.15, 0.2) is 78.9 Å². The summed E-state index contributed by atoms with van der Waals surface area (Å²) < 4.78 is 43.3. The number of halogens is 1. The monoisotopic (exact) mass is 856 g/mol. The van der Waals surface area contributed by atoms with Gasteiger partial charge in [-0.3, -0.25) is 14.6 Å². The number of carbonyl (C=O) groups excluding carboxylic acids is 1. The zero-order chi connectivity index (χ0) is 41.9. The third-order valence-electron chi connectivity index (χ3n) is 14.4. The lowest BCUT2D eigenvalue weighted by Gasteiger charge is -2.53. The number of nitrogens with one attached hydrogen (secondary N) is 1. The van der Waals surface area contributed by atoms with E-state index in [1.165, 1.54) is 36.9 Å². The molecule has 8 rings (SSSR count). The molecule has 9 nitrogen and oxygen atoms in total. The highest BCUT2D eigenvalue weighted by Crippen LogP contribution is 2.49. The smallest absolute Gasteiger partial charge is 0.264 e. The van der Waals surface area contributed by atoms with E-state index in [0.717, 1.165) is 87.5 Å². The second-order valence-corrected chi connectivity index (χ2v) is 20.9. The van der Waals surface area contributed by atoms with Crippen LogP contribution in [0, 0.1) is 11.8 Å². The zero-order valence-electron chi connectivity index (χ0n) is 35.9. The lowest BCUT2D eigenvalue weighted by molar-refractivity contribution is -0.116. The number of aryl methyl sites for hydroxylation is 1. The number of fused-ring (bicyclic) bond motifs is 4. The molecule has 2 saturated heterocycles. The molecule has 5 aliphatic rings. The lowest BCUT2D eigenvalue weighted by atomic mass is 9.63. The number of sulfonamides is 1. The van der Waals surface area contributed by atoms with E-state index in [4.69, 9.17) is 21.1 Å². The van der Waals surface area contributed by atoms with E-state index >= 15 is 0 Å². The summed E-state index contributed by atoms with van der Waals surface area (Å²) in [4.78, 5) is 21.8. The van der Waals surface area contributed by atoms with Crippen molar-refractivity contribution in [1.82, 2.24) is 14.5 Å². The summed E-state index contributed by atoms with van der Waals surface area (Å²) in [5.74, 6) is 0.734.